The van der Waals surface area contributed by atoms with Crippen molar-refractivity contribution >= 4 is 23.8 Å². The van der Waals surface area contributed by atoms with E-state index in [1.807, 2.05) is 24.3 Å². The molecule has 0 bridgehead atoms. The van der Waals surface area contributed by atoms with Gasteiger partial charge in [-0.15, -0.1) is 5.01 Å². The molecule has 1 aromatic carbocycles. The predicted molar refractivity (Wildman–Crippen MR) is 103 cm³/mol. The van der Waals surface area contributed by atoms with E-state index in [-0.39, 0.29) is 5.91 Å². The zero-order valence-electron chi connectivity index (χ0n) is 15.9. The van der Waals surface area contributed by atoms with Crippen LogP contribution in [0.25, 0.3) is 0 Å². The lowest BCUT2D eigenvalue weighted by Crippen LogP contribution is -2.49. The molecule has 1 spiro atoms. The number of carbonyl (C=O) groups is 2. The van der Waals surface area contributed by atoms with Crippen molar-refractivity contribution in [2.45, 2.75) is 52.0 Å². The molecule has 3 amide bonds. The number of nitrogens with one attached hydrogen (secondary N) is 1. The lowest BCUT2D eigenvalue weighted by molar-refractivity contribution is -0.132. The van der Waals surface area contributed by atoms with Gasteiger partial charge in [-0.1, -0.05) is 19.1 Å². The Morgan fingerprint density at radius 1 is 1.19 bits per heavy atom. The van der Waals surface area contributed by atoms with Gasteiger partial charge >= 0.3 is 6.03 Å². The van der Waals surface area contributed by atoms with Gasteiger partial charge in [0, 0.05) is 18.8 Å². The van der Waals surface area contributed by atoms with Crippen molar-refractivity contribution in [3.05, 3.63) is 29.8 Å². The summed E-state index contributed by atoms with van der Waals surface area (Å²) in [6, 6.07) is 7.55. The smallest absolute Gasteiger partial charge is 0.346 e. The molecule has 1 aliphatic heterocycles. The number of hydrazone groups is 1. The molecule has 6 heteroatoms. The zero-order chi connectivity index (χ0) is 18.7. The fraction of sp³-hybridized carbons (Fsp3) is 0.550. The minimum absolute atomic E-state index is 0.217. The average Bonchev–Trinajstić information content (AvgIpc) is 2.88. The maximum atomic E-state index is 12.8. The van der Waals surface area contributed by atoms with Gasteiger partial charge in [0.05, 0.1) is 6.21 Å². The number of rotatable bonds is 5. The number of hydrogen-bond acceptors (Lipinski definition) is 4. The summed E-state index contributed by atoms with van der Waals surface area (Å²) in [5, 5.41) is 8.05. The summed E-state index contributed by atoms with van der Waals surface area (Å²) in [5.74, 6) is 0.387. The Labute approximate surface area is 155 Å². The molecule has 2 fully saturated rings. The van der Waals surface area contributed by atoms with E-state index in [0.717, 1.165) is 42.2 Å². The summed E-state index contributed by atoms with van der Waals surface area (Å²) >= 11 is 0. The second kappa shape index (κ2) is 7.48. The van der Waals surface area contributed by atoms with Crippen LogP contribution in [0.2, 0.25) is 0 Å². The Morgan fingerprint density at radius 2 is 1.81 bits per heavy atom. The van der Waals surface area contributed by atoms with Crippen molar-refractivity contribution in [3.8, 4) is 0 Å². The molecule has 1 aliphatic carbocycles. The number of imide groups is 1. The highest BCUT2D eigenvalue weighted by atomic mass is 16.2. The average molecular weight is 356 g/mol. The first-order valence-electron chi connectivity index (χ1n) is 9.54. The van der Waals surface area contributed by atoms with Gasteiger partial charge in [-0.3, -0.25) is 4.79 Å². The largest absolute Gasteiger partial charge is 0.372 e. The van der Waals surface area contributed by atoms with E-state index in [0.29, 0.717) is 18.8 Å². The SMILES string of the molecule is CCN(CC)c1ccc(/C=N\N2C(=O)NC3(CCC(C)CC3)C2=O)cc1. The summed E-state index contributed by atoms with van der Waals surface area (Å²) in [4.78, 5) is 27.3. The molecule has 0 unspecified atom stereocenters. The Morgan fingerprint density at radius 3 is 2.38 bits per heavy atom. The van der Waals surface area contributed by atoms with E-state index in [1.165, 1.54) is 0 Å². The molecule has 2 aliphatic rings. The number of nitrogens with zero attached hydrogens (tertiary/aromatic N) is 3. The number of anilines is 1. The molecule has 0 atom stereocenters. The Balaban J connectivity index is 1.70. The Kier molecular flexibility index (Phi) is 5.30. The third kappa shape index (κ3) is 3.45. The van der Waals surface area contributed by atoms with Crippen LogP contribution in [0.4, 0.5) is 10.5 Å². The number of urea groups is 1. The molecule has 0 aromatic heterocycles. The topological polar surface area (TPSA) is 65.0 Å². The standard InChI is InChI=1S/C20H28N4O2/c1-4-23(5-2)17-8-6-16(7-9-17)14-21-24-18(25)20(22-19(24)26)12-10-15(3)11-13-20/h6-9,14-15H,4-5,10-13H2,1-3H3,(H,22,26)/b21-14-. The van der Waals surface area contributed by atoms with Crippen LogP contribution < -0.4 is 10.2 Å². The molecule has 26 heavy (non-hydrogen) atoms. The highest BCUT2D eigenvalue weighted by Gasteiger charge is 2.52. The van der Waals surface area contributed by atoms with Gasteiger partial charge in [0.1, 0.15) is 5.54 Å². The summed E-state index contributed by atoms with van der Waals surface area (Å²) in [6.07, 6.45) is 4.88. The second-order valence-corrected chi connectivity index (χ2v) is 7.32. The predicted octanol–water partition coefficient (Wildman–Crippen LogP) is 3.37. The van der Waals surface area contributed by atoms with Crippen molar-refractivity contribution in [3.63, 3.8) is 0 Å². The first kappa shape index (κ1) is 18.4. The molecule has 140 valence electrons. The molecule has 1 heterocycles. The van der Waals surface area contributed by atoms with Crippen molar-refractivity contribution in [1.29, 1.82) is 0 Å². The van der Waals surface area contributed by atoms with Crippen LogP contribution in [0.5, 0.6) is 0 Å². The van der Waals surface area contributed by atoms with E-state index in [1.54, 1.807) is 6.21 Å². The molecular weight excluding hydrogens is 328 g/mol. The molecule has 3 rings (SSSR count). The molecule has 1 saturated heterocycles. The first-order valence-corrected chi connectivity index (χ1v) is 9.54. The minimum Gasteiger partial charge on any atom is -0.372 e. The summed E-state index contributed by atoms with van der Waals surface area (Å²) in [7, 11) is 0. The lowest BCUT2D eigenvalue weighted by atomic mass is 9.77. The second-order valence-electron chi connectivity index (χ2n) is 7.32. The van der Waals surface area contributed by atoms with Crippen LogP contribution >= 0.6 is 0 Å². The van der Waals surface area contributed by atoms with Gasteiger partial charge in [0.15, 0.2) is 0 Å². The molecule has 0 radical (unpaired) electrons. The minimum atomic E-state index is -0.743. The fourth-order valence-corrected chi connectivity index (χ4v) is 3.79. The van der Waals surface area contributed by atoms with E-state index in [4.69, 9.17) is 0 Å². The van der Waals surface area contributed by atoms with Crippen LogP contribution in [-0.4, -0.2) is 41.8 Å². The molecule has 1 saturated carbocycles. The number of carbonyl (C=O) groups excluding carboxylic acids is 2. The van der Waals surface area contributed by atoms with Crippen LogP contribution in [0.1, 0.15) is 52.0 Å². The van der Waals surface area contributed by atoms with Crippen molar-refractivity contribution in [2.75, 3.05) is 18.0 Å². The van der Waals surface area contributed by atoms with Crippen molar-refractivity contribution in [1.82, 2.24) is 10.3 Å². The highest BCUT2D eigenvalue weighted by molar-refractivity contribution is 6.07. The monoisotopic (exact) mass is 356 g/mol. The van der Waals surface area contributed by atoms with Gasteiger partial charge in [0.25, 0.3) is 5.91 Å². The van der Waals surface area contributed by atoms with Crippen molar-refractivity contribution in [2.24, 2.45) is 11.0 Å². The Hall–Kier alpha value is -2.37. The third-order valence-corrected chi connectivity index (χ3v) is 5.61. The number of hydrogen-bond donors (Lipinski definition) is 1. The number of benzene rings is 1. The molecule has 1 N–H and O–H groups in total. The van der Waals surface area contributed by atoms with Gasteiger partial charge in [-0.05, 0) is 63.1 Å². The maximum Gasteiger partial charge on any atom is 0.346 e. The lowest BCUT2D eigenvalue weighted by Gasteiger charge is -2.33. The van der Waals surface area contributed by atoms with Crippen LogP contribution in [0.3, 0.4) is 0 Å². The summed E-state index contributed by atoms with van der Waals surface area (Å²) in [6.45, 7) is 8.34. The number of amides is 3. The van der Waals surface area contributed by atoms with Crippen LogP contribution in [-0.2, 0) is 4.79 Å². The van der Waals surface area contributed by atoms with E-state index in [9.17, 15) is 9.59 Å². The van der Waals surface area contributed by atoms with E-state index < -0.39 is 11.6 Å². The first-order chi connectivity index (χ1) is 12.5. The van der Waals surface area contributed by atoms with E-state index in [2.05, 4.69) is 36.1 Å². The molecule has 6 nitrogen and oxygen atoms in total. The van der Waals surface area contributed by atoms with Gasteiger partial charge in [-0.2, -0.15) is 5.10 Å². The van der Waals surface area contributed by atoms with Crippen molar-refractivity contribution < 1.29 is 9.59 Å². The third-order valence-electron chi connectivity index (χ3n) is 5.61. The zero-order valence-corrected chi connectivity index (χ0v) is 15.9. The summed E-state index contributed by atoms with van der Waals surface area (Å²) in [5.41, 5.74) is 1.27. The quantitative estimate of drug-likeness (QED) is 0.650. The molecule has 1 aromatic rings. The Bertz CT molecular complexity index is 686. The normalized spacial score (nSPS) is 26.0. The molecular formula is C20H28N4O2. The van der Waals surface area contributed by atoms with Crippen LogP contribution in [0.15, 0.2) is 29.4 Å². The maximum absolute atomic E-state index is 12.8. The fourth-order valence-electron chi connectivity index (χ4n) is 3.79. The highest BCUT2D eigenvalue weighted by Crippen LogP contribution is 2.36. The van der Waals surface area contributed by atoms with Crippen LogP contribution in [0, 0.1) is 5.92 Å². The van der Waals surface area contributed by atoms with Gasteiger partial charge < -0.3 is 10.2 Å². The van der Waals surface area contributed by atoms with E-state index >= 15 is 0 Å². The van der Waals surface area contributed by atoms with Gasteiger partial charge in [0.2, 0.25) is 0 Å². The summed E-state index contributed by atoms with van der Waals surface area (Å²) < 4.78 is 0. The van der Waals surface area contributed by atoms with Gasteiger partial charge in [-0.25, -0.2) is 4.79 Å².